The van der Waals surface area contributed by atoms with E-state index in [2.05, 4.69) is 39.8 Å². The first kappa shape index (κ1) is 24.4. The summed E-state index contributed by atoms with van der Waals surface area (Å²) in [5.74, 6) is 0.112. The predicted molar refractivity (Wildman–Crippen MR) is 115 cm³/mol. The highest BCUT2D eigenvalue weighted by Crippen LogP contribution is 2.22. The van der Waals surface area contributed by atoms with Gasteiger partial charge in [0.25, 0.3) is 0 Å². The maximum absolute atomic E-state index is 12.3. The van der Waals surface area contributed by atoms with Gasteiger partial charge in [-0.1, -0.05) is 75.8 Å². The van der Waals surface area contributed by atoms with Gasteiger partial charge >= 0.3 is 6.09 Å². The fraction of sp³-hybridized carbons (Fsp3) is 0.348. The van der Waals surface area contributed by atoms with Crippen molar-refractivity contribution in [3.8, 4) is 0 Å². The number of nitrogens with zero attached hydrogens (tertiary/aromatic N) is 1. The lowest BCUT2D eigenvalue weighted by Crippen LogP contribution is -2.48. The third-order valence-electron chi connectivity index (χ3n) is 3.94. The Balaban J connectivity index is 0.00000210. The number of carbonyl (C=O) groups is 1. The van der Waals surface area contributed by atoms with E-state index in [0.717, 1.165) is 11.1 Å². The molecule has 1 aliphatic heterocycles. The highest BCUT2D eigenvalue weighted by atomic mass is 16.6. The molecule has 1 amide bonds. The molecule has 4 heteroatoms. The highest BCUT2D eigenvalue weighted by molar-refractivity contribution is 5.68. The van der Waals surface area contributed by atoms with E-state index in [9.17, 15) is 4.79 Å². The van der Waals surface area contributed by atoms with Gasteiger partial charge in [0.15, 0.2) is 0 Å². The van der Waals surface area contributed by atoms with Gasteiger partial charge in [-0.2, -0.15) is 0 Å². The van der Waals surface area contributed by atoms with Crippen molar-refractivity contribution in [3.63, 3.8) is 0 Å². The minimum Gasteiger partial charge on any atom is -0.445 e. The number of carbonyl (C=O) groups excluding carboxylic acids is 1. The Hall–Kier alpha value is -2.59. The van der Waals surface area contributed by atoms with E-state index in [1.54, 1.807) is 41.4 Å². The highest BCUT2D eigenvalue weighted by Gasteiger charge is 2.29. The van der Waals surface area contributed by atoms with E-state index in [-0.39, 0.29) is 24.7 Å². The summed E-state index contributed by atoms with van der Waals surface area (Å²) < 4.78 is 11.2. The molecule has 2 unspecified atom stereocenters. The van der Waals surface area contributed by atoms with Crippen LogP contribution in [0.25, 0.3) is 0 Å². The summed E-state index contributed by atoms with van der Waals surface area (Å²) in [6.07, 6.45) is 11.8. The molecule has 1 fully saturated rings. The van der Waals surface area contributed by atoms with Crippen molar-refractivity contribution in [2.24, 2.45) is 5.92 Å². The zero-order valence-corrected chi connectivity index (χ0v) is 16.7. The molecule has 0 aromatic rings. The van der Waals surface area contributed by atoms with Gasteiger partial charge in [-0.25, -0.2) is 4.79 Å². The van der Waals surface area contributed by atoms with Crippen LogP contribution in [0.1, 0.15) is 13.8 Å². The summed E-state index contributed by atoms with van der Waals surface area (Å²) in [7, 11) is 0. The zero-order valence-electron chi connectivity index (χ0n) is 16.7. The molecule has 0 N–H and O–H groups in total. The van der Waals surface area contributed by atoms with E-state index in [1.165, 1.54) is 0 Å². The van der Waals surface area contributed by atoms with Crippen LogP contribution in [-0.4, -0.2) is 43.4 Å². The standard InChI is InChI=1S/C20H27NO3.C3H6/c1-6-10-17(8-3)15-24-20(22)21-12-13-23-19(14-21)16(5)18(9-4)11-7-2;1-3-2/h6-11,16,19H,1-4,12-15H2,5H3;3H,1H2,2H3/b17-10+,18-11+;. The first-order valence-electron chi connectivity index (χ1n) is 8.98. The third kappa shape index (κ3) is 9.06. The van der Waals surface area contributed by atoms with Gasteiger partial charge in [-0.3, -0.25) is 0 Å². The maximum atomic E-state index is 12.3. The third-order valence-corrected chi connectivity index (χ3v) is 3.94. The monoisotopic (exact) mass is 371 g/mol. The van der Waals surface area contributed by atoms with Crippen molar-refractivity contribution in [2.75, 3.05) is 26.3 Å². The lowest BCUT2D eigenvalue weighted by atomic mass is 9.93. The second kappa shape index (κ2) is 14.6. The van der Waals surface area contributed by atoms with E-state index >= 15 is 0 Å². The van der Waals surface area contributed by atoms with Crippen molar-refractivity contribution in [2.45, 2.75) is 20.0 Å². The fourth-order valence-electron chi connectivity index (χ4n) is 2.46. The van der Waals surface area contributed by atoms with Gasteiger partial charge in [0.05, 0.1) is 19.3 Å². The Morgan fingerprint density at radius 2 is 1.81 bits per heavy atom. The Kier molecular flexibility index (Phi) is 13.2. The summed E-state index contributed by atoms with van der Waals surface area (Å²) in [6, 6.07) is 0. The number of hydrogen-bond acceptors (Lipinski definition) is 3. The zero-order chi connectivity index (χ0) is 20.7. The van der Waals surface area contributed by atoms with Crippen LogP contribution in [0, 0.1) is 5.92 Å². The molecular formula is C23H33NO3. The predicted octanol–water partition coefficient (Wildman–Crippen LogP) is 5.25. The van der Waals surface area contributed by atoms with Crippen LogP contribution in [0.5, 0.6) is 0 Å². The van der Waals surface area contributed by atoms with Crippen molar-refractivity contribution in [1.82, 2.24) is 4.90 Å². The number of hydrogen-bond donors (Lipinski definition) is 0. The maximum Gasteiger partial charge on any atom is 0.410 e. The summed E-state index contributed by atoms with van der Waals surface area (Å²) in [5.41, 5.74) is 1.84. The summed E-state index contributed by atoms with van der Waals surface area (Å²) >= 11 is 0. The van der Waals surface area contributed by atoms with Gasteiger partial charge in [-0.05, 0) is 18.1 Å². The SMILES string of the molecule is C=C/C=C(\C=C)COC(=O)N1CCOC(C(C)/C(C=C)=C/C=C)C1.C=CC. The average molecular weight is 372 g/mol. The molecule has 2 atom stereocenters. The van der Waals surface area contributed by atoms with Crippen LogP contribution >= 0.6 is 0 Å². The van der Waals surface area contributed by atoms with Crippen molar-refractivity contribution >= 4 is 6.09 Å². The van der Waals surface area contributed by atoms with Crippen LogP contribution in [0.3, 0.4) is 0 Å². The van der Waals surface area contributed by atoms with Gasteiger partial charge in [-0.15, -0.1) is 6.58 Å². The first-order valence-corrected chi connectivity index (χ1v) is 8.98. The van der Waals surface area contributed by atoms with Crippen LogP contribution in [0.15, 0.2) is 86.6 Å². The van der Waals surface area contributed by atoms with Crippen LogP contribution in [0.4, 0.5) is 4.79 Å². The average Bonchev–Trinajstić information content (AvgIpc) is 2.69. The molecule has 0 saturated carbocycles. The minimum atomic E-state index is -0.347. The molecular weight excluding hydrogens is 338 g/mol. The quantitative estimate of drug-likeness (QED) is 0.432. The van der Waals surface area contributed by atoms with E-state index in [4.69, 9.17) is 9.47 Å². The Morgan fingerprint density at radius 3 is 2.33 bits per heavy atom. The number of ether oxygens (including phenoxy) is 2. The normalized spacial score (nSPS) is 18.3. The molecule has 148 valence electrons. The molecule has 0 aromatic carbocycles. The molecule has 0 radical (unpaired) electrons. The largest absolute Gasteiger partial charge is 0.445 e. The van der Waals surface area contributed by atoms with E-state index < -0.39 is 0 Å². The minimum absolute atomic E-state index is 0.0990. The lowest BCUT2D eigenvalue weighted by Gasteiger charge is -2.35. The Labute approximate surface area is 164 Å². The van der Waals surface area contributed by atoms with Gasteiger partial charge in [0.2, 0.25) is 0 Å². The molecule has 0 bridgehead atoms. The topological polar surface area (TPSA) is 38.8 Å². The molecule has 27 heavy (non-hydrogen) atoms. The molecule has 4 nitrogen and oxygen atoms in total. The van der Waals surface area contributed by atoms with Gasteiger partial charge in [0, 0.05) is 12.5 Å². The van der Waals surface area contributed by atoms with Crippen molar-refractivity contribution in [1.29, 1.82) is 0 Å². The summed E-state index contributed by atoms with van der Waals surface area (Å²) in [6.45, 7) is 23.8. The Morgan fingerprint density at radius 1 is 1.19 bits per heavy atom. The van der Waals surface area contributed by atoms with E-state index in [0.29, 0.717) is 19.7 Å². The molecule has 1 saturated heterocycles. The number of rotatable bonds is 8. The molecule has 0 aliphatic carbocycles. The lowest BCUT2D eigenvalue weighted by molar-refractivity contribution is -0.0428. The Bertz CT molecular complexity index is 586. The number of morpholine rings is 1. The number of amides is 1. The van der Waals surface area contributed by atoms with Crippen molar-refractivity contribution < 1.29 is 14.3 Å². The fourth-order valence-corrected chi connectivity index (χ4v) is 2.46. The summed E-state index contributed by atoms with van der Waals surface area (Å²) in [4.78, 5) is 13.9. The number of allylic oxidation sites excluding steroid dienone is 6. The van der Waals surface area contributed by atoms with E-state index in [1.807, 2.05) is 13.0 Å². The summed E-state index contributed by atoms with van der Waals surface area (Å²) in [5, 5.41) is 0. The van der Waals surface area contributed by atoms with Crippen LogP contribution in [-0.2, 0) is 9.47 Å². The van der Waals surface area contributed by atoms with Crippen LogP contribution < -0.4 is 0 Å². The second-order valence-electron chi connectivity index (χ2n) is 5.89. The second-order valence-corrected chi connectivity index (χ2v) is 5.89. The van der Waals surface area contributed by atoms with Gasteiger partial charge in [0.1, 0.15) is 6.61 Å². The molecule has 0 aromatic heterocycles. The smallest absolute Gasteiger partial charge is 0.410 e. The van der Waals surface area contributed by atoms with Crippen molar-refractivity contribution in [3.05, 3.63) is 86.6 Å². The molecule has 0 spiro atoms. The molecule has 1 heterocycles. The molecule has 1 aliphatic rings. The van der Waals surface area contributed by atoms with Crippen LogP contribution in [0.2, 0.25) is 0 Å². The van der Waals surface area contributed by atoms with Gasteiger partial charge < -0.3 is 14.4 Å². The first-order chi connectivity index (χ1) is 13.0. The molecule has 1 rings (SSSR count).